The highest BCUT2D eigenvalue weighted by Gasteiger charge is 2.52. The van der Waals surface area contributed by atoms with Crippen molar-refractivity contribution in [3.8, 4) is 11.5 Å². The van der Waals surface area contributed by atoms with E-state index in [1.807, 2.05) is 0 Å². The summed E-state index contributed by atoms with van der Waals surface area (Å²) >= 11 is 0. The number of esters is 1. The average molecular weight is 669 g/mol. The Kier molecular flexibility index (Phi) is 11.2. The number of benzene rings is 1. The predicted molar refractivity (Wildman–Crippen MR) is 156 cm³/mol. The Morgan fingerprint density at radius 3 is 2.38 bits per heavy atom. The number of rotatable bonds is 10. The fraction of sp³-hybridized carbons (Fsp3) is 0.581. The van der Waals surface area contributed by atoms with Gasteiger partial charge in [-0.1, -0.05) is 12.1 Å². The maximum absolute atomic E-state index is 12.8. The molecule has 1 aromatic carbocycles. The molecule has 1 aromatic rings. The number of phenolic OH excluding ortho intramolecular Hbond substituents is 1. The molecule has 0 saturated carbocycles. The van der Waals surface area contributed by atoms with Gasteiger partial charge >= 0.3 is 5.97 Å². The van der Waals surface area contributed by atoms with Gasteiger partial charge in [-0.05, 0) is 42.3 Å². The number of ether oxygens (including phenoxy) is 7. The number of carbonyl (C=O) groups excluding carboxylic acids is 1. The molecule has 0 radical (unpaired) electrons. The zero-order valence-corrected chi connectivity index (χ0v) is 25.5. The third kappa shape index (κ3) is 7.33. The van der Waals surface area contributed by atoms with Crippen LogP contribution >= 0.6 is 0 Å². The Morgan fingerprint density at radius 1 is 0.936 bits per heavy atom. The number of fused-ring (bicyclic) bond motifs is 1. The van der Waals surface area contributed by atoms with Gasteiger partial charge in [0.05, 0.1) is 44.7 Å². The molecule has 5 rings (SSSR count). The molecule has 4 aliphatic rings. The Balaban J connectivity index is 1.30. The number of phenols is 1. The van der Waals surface area contributed by atoms with Gasteiger partial charge in [0, 0.05) is 12.0 Å². The molecule has 260 valence electrons. The van der Waals surface area contributed by atoms with Crippen molar-refractivity contribution in [2.45, 2.75) is 80.7 Å². The lowest BCUT2D eigenvalue weighted by molar-refractivity contribution is -0.341. The lowest BCUT2D eigenvalue weighted by atomic mass is 9.88. The zero-order chi connectivity index (χ0) is 34.0. The molecule has 0 amide bonds. The Hall–Kier alpha value is -3.13. The van der Waals surface area contributed by atoms with Crippen molar-refractivity contribution in [1.29, 1.82) is 0 Å². The highest BCUT2D eigenvalue weighted by atomic mass is 16.8. The van der Waals surface area contributed by atoms with Crippen molar-refractivity contribution in [3.63, 3.8) is 0 Å². The third-order valence-electron chi connectivity index (χ3n) is 8.65. The molecule has 16 heteroatoms. The number of hydrogen-bond donors (Lipinski definition) is 8. The molecular weight excluding hydrogens is 628 g/mol. The van der Waals surface area contributed by atoms with Gasteiger partial charge in [-0.15, -0.1) is 0 Å². The molecule has 0 unspecified atom stereocenters. The molecule has 0 aromatic heterocycles. The van der Waals surface area contributed by atoms with Crippen LogP contribution < -0.4 is 4.74 Å². The van der Waals surface area contributed by atoms with Crippen molar-refractivity contribution in [3.05, 3.63) is 53.8 Å². The second-order valence-electron chi connectivity index (χ2n) is 11.6. The summed E-state index contributed by atoms with van der Waals surface area (Å²) in [6.45, 7) is 0.386. The molecule has 2 fully saturated rings. The van der Waals surface area contributed by atoms with Crippen molar-refractivity contribution in [2.75, 3.05) is 20.3 Å². The van der Waals surface area contributed by atoms with E-state index in [-0.39, 0.29) is 11.5 Å². The van der Waals surface area contributed by atoms with Crippen LogP contribution in [0.5, 0.6) is 11.5 Å². The molecule has 3 aliphatic heterocycles. The van der Waals surface area contributed by atoms with Gasteiger partial charge in [-0.25, -0.2) is 4.79 Å². The van der Waals surface area contributed by atoms with Crippen LogP contribution in [0, 0.1) is 11.8 Å². The molecule has 47 heavy (non-hydrogen) atoms. The van der Waals surface area contributed by atoms with Gasteiger partial charge in [0.15, 0.2) is 30.2 Å². The topological polar surface area (TPSA) is 244 Å². The van der Waals surface area contributed by atoms with Crippen molar-refractivity contribution in [2.24, 2.45) is 11.8 Å². The monoisotopic (exact) mass is 668 g/mol. The number of aliphatic hydroxyl groups is 7. The number of methoxy groups -OCH3 is 1. The van der Waals surface area contributed by atoms with E-state index in [0.717, 1.165) is 6.08 Å². The fourth-order valence-corrected chi connectivity index (χ4v) is 6.03. The molecule has 1 aliphatic carbocycles. The minimum atomic E-state index is -1.69. The first kappa shape index (κ1) is 35.2. The van der Waals surface area contributed by atoms with Crippen molar-refractivity contribution >= 4 is 12.0 Å². The summed E-state index contributed by atoms with van der Waals surface area (Å²) in [7, 11) is 1.40. The molecular formula is C31H40O16. The fourth-order valence-electron chi connectivity index (χ4n) is 6.03. The highest BCUT2D eigenvalue weighted by molar-refractivity contribution is 5.87. The van der Waals surface area contributed by atoms with E-state index >= 15 is 0 Å². The van der Waals surface area contributed by atoms with E-state index in [4.69, 9.17) is 33.2 Å². The first-order chi connectivity index (χ1) is 22.5. The number of carbonyl (C=O) groups is 1. The van der Waals surface area contributed by atoms with Gasteiger partial charge in [0.1, 0.15) is 36.6 Å². The second kappa shape index (κ2) is 15.0. The molecule has 3 heterocycles. The molecule has 8 N–H and O–H groups in total. The molecule has 16 nitrogen and oxygen atoms in total. The van der Waals surface area contributed by atoms with Crippen LogP contribution in [0.15, 0.2) is 48.3 Å². The van der Waals surface area contributed by atoms with Crippen molar-refractivity contribution in [1.82, 2.24) is 0 Å². The van der Waals surface area contributed by atoms with Crippen LogP contribution in [0.1, 0.15) is 12.5 Å². The van der Waals surface area contributed by atoms with Crippen molar-refractivity contribution < 1.29 is 78.8 Å². The molecule has 2 saturated heterocycles. The quantitative estimate of drug-likeness (QED) is 0.0766. The predicted octanol–water partition coefficient (Wildman–Crippen LogP) is -1.97. The zero-order valence-electron chi connectivity index (χ0n) is 25.5. The Labute approximate surface area is 269 Å². The SMILES string of the molecule is COc1ccc(/C=C/C(=O)O[C@H]2[C@H](O[C@@H]3C=C(CO)[C@H]4[C@H](O[C@@H]5O[C@H](CO)[C@@H](O)[C@H](O)[C@H]5O)OC=C[C@H]43)O[C@@H](C)[C@H](O)[C@H]2O)cc1O. The molecule has 0 bridgehead atoms. The van der Waals surface area contributed by atoms with E-state index in [9.17, 15) is 45.6 Å². The van der Waals surface area contributed by atoms with Gasteiger partial charge in [0.25, 0.3) is 0 Å². The largest absolute Gasteiger partial charge is 0.504 e. The van der Waals surface area contributed by atoms with E-state index in [1.54, 1.807) is 18.2 Å². The number of aliphatic hydroxyl groups excluding tert-OH is 7. The summed E-state index contributed by atoms with van der Waals surface area (Å²) in [5.41, 5.74) is 0.857. The first-order valence-corrected chi connectivity index (χ1v) is 15.0. The lowest BCUT2D eigenvalue weighted by Crippen LogP contribution is -2.60. The Morgan fingerprint density at radius 2 is 1.70 bits per heavy atom. The Bertz CT molecular complexity index is 1330. The summed E-state index contributed by atoms with van der Waals surface area (Å²) in [5, 5.41) is 81.8. The summed E-state index contributed by atoms with van der Waals surface area (Å²) in [6.07, 6.45) is -9.61. The van der Waals surface area contributed by atoms with E-state index < -0.39 is 105 Å². The number of aromatic hydroxyl groups is 1. The minimum absolute atomic E-state index is 0.141. The summed E-state index contributed by atoms with van der Waals surface area (Å²) in [6, 6.07) is 4.47. The number of hydrogen-bond acceptors (Lipinski definition) is 16. The summed E-state index contributed by atoms with van der Waals surface area (Å²) < 4.78 is 39.5. The standard InChI is InChI=1S/C31H40O16/c1-13-23(36)26(39)28(46-21(35)6-4-14-3-5-18(41-2)17(34)9-14)31(43-13)44-19-10-15(11-32)22-16(19)7-8-42-29(22)47-30-27(40)25(38)24(37)20(12-33)45-30/h3-10,13,16,19-20,22-34,36-40H,11-12H2,1-2H3/b6-4+/t13-,16-,19+,20+,22+,23-,24+,25-,26+,27+,28+,29-,30-,31-/m0/s1. The average Bonchev–Trinajstić information content (AvgIpc) is 3.43. The van der Waals surface area contributed by atoms with Crippen LogP contribution in [0.3, 0.4) is 0 Å². The summed E-state index contributed by atoms with van der Waals surface area (Å²) in [4.78, 5) is 12.8. The van der Waals surface area contributed by atoms with Crippen LogP contribution in [0.4, 0.5) is 0 Å². The smallest absolute Gasteiger partial charge is 0.331 e. The van der Waals surface area contributed by atoms with Crippen LogP contribution in [0.2, 0.25) is 0 Å². The molecule has 0 spiro atoms. The van der Waals surface area contributed by atoms with Crippen LogP contribution in [-0.2, 0) is 33.2 Å². The van der Waals surface area contributed by atoms with Crippen LogP contribution in [-0.4, -0.2) is 141 Å². The normalized spacial score (nSPS) is 40.1. The van der Waals surface area contributed by atoms with E-state index in [2.05, 4.69) is 0 Å². The van der Waals surface area contributed by atoms with E-state index in [1.165, 1.54) is 38.5 Å². The highest BCUT2D eigenvalue weighted by Crippen LogP contribution is 2.43. The maximum atomic E-state index is 12.8. The van der Waals surface area contributed by atoms with Gasteiger partial charge < -0.3 is 74.0 Å². The second-order valence-corrected chi connectivity index (χ2v) is 11.6. The van der Waals surface area contributed by atoms with E-state index in [0.29, 0.717) is 11.1 Å². The van der Waals surface area contributed by atoms with Gasteiger partial charge in [0.2, 0.25) is 6.29 Å². The first-order valence-electron chi connectivity index (χ1n) is 15.0. The molecule has 14 atom stereocenters. The van der Waals surface area contributed by atoms with Crippen LogP contribution in [0.25, 0.3) is 6.08 Å². The third-order valence-corrected chi connectivity index (χ3v) is 8.65. The lowest BCUT2D eigenvalue weighted by Gasteiger charge is -2.43. The summed E-state index contributed by atoms with van der Waals surface area (Å²) in [5.74, 6) is -2.10. The maximum Gasteiger partial charge on any atom is 0.331 e. The van der Waals surface area contributed by atoms with Gasteiger partial charge in [-0.2, -0.15) is 0 Å². The van der Waals surface area contributed by atoms with Gasteiger partial charge in [-0.3, -0.25) is 0 Å². The minimum Gasteiger partial charge on any atom is -0.504 e.